The summed E-state index contributed by atoms with van der Waals surface area (Å²) in [7, 11) is 1.39. The maximum Gasteiger partial charge on any atom is 0.309 e. The van der Waals surface area contributed by atoms with Crippen LogP contribution < -0.4 is 5.56 Å². The Morgan fingerprint density at radius 1 is 1.11 bits per heavy atom. The summed E-state index contributed by atoms with van der Waals surface area (Å²) in [4.78, 5) is 37.4. The van der Waals surface area contributed by atoms with Crippen molar-refractivity contribution in [3.8, 4) is 0 Å². The highest BCUT2D eigenvalue weighted by Gasteiger charge is 2.26. The number of benzene rings is 1. The fraction of sp³-hybridized carbons (Fsp3) is 0.409. The molecule has 1 unspecified atom stereocenters. The van der Waals surface area contributed by atoms with Gasteiger partial charge in [-0.15, -0.1) is 0 Å². The second-order valence-electron chi connectivity index (χ2n) is 7.25. The number of pyridine rings is 1. The molecule has 6 nitrogen and oxygen atoms in total. The van der Waals surface area contributed by atoms with Crippen molar-refractivity contribution in [3.05, 3.63) is 70.1 Å². The molecule has 1 fully saturated rings. The predicted molar refractivity (Wildman–Crippen MR) is 106 cm³/mol. The lowest BCUT2D eigenvalue weighted by Gasteiger charge is -2.17. The molecule has 1 aliphatic heterocycles. The fourth-order valence-corrected chi connectivity index (χ4v) is 3.61. The lowest BCUT2D eigenvalue weighted by atomic mass is 9.97. The van der Waals surface area contributed by atoms with Crippen molar-refractivity contribution < 1.29 is 14.3 Å². The fourth-order valence-electron chi connectivity index (χ4n) is 3.61. The second kappa shape index (κ2) is 9.35. The first-order chi connectivity index (χ1) is 13.5. The molecule has 0 N–H and O–H groups in total. The molecule has 0 spiro atoms. The first-order valence-corrected chi connectivity index (χ1v) is 9.63. The number of esters is 1. The van der Waals surface area contributed by atoms with Crippen molar-refractivity contribution in [2.45, 2.75) is 32.2 Å². The summed E-state index contributed by atoms with van der Waals surface area (Å²) in [6.45, 7) is 1.95. The maximum absolute atomic E-state index is 12.5. The zero-order valence-electron chi connectivity index (χ0n) is 16.2. The van der Waals surface area contributed by atoms with Gasteiger partial charge in [0.25, 0.3) is 5.56 Å². The Morgan fingerprint density at radius 2 is 1.86 bits per heavy atom. The first kappa shape index (κ1) is 19.9. The van der Waals surface area contributed by atoms with Crippen LogP contribution in [0.4, 0.5) is 0 Å². The molecule has 2 aromatic rings. The first-order valence-electron chi connectivity index (χ1n) is 9.63. The van der Waals surface area contributed by atoms with Crippen LogP contribution in [-0.4, -0.2) is 41.5 Å². The van der Waals surface area contributed by atoms with Crippen molar-refractivity contribution in [1.29, 1.82) is 0 Å². The zero-order valence-corrected chi connectivity index (χ0v) is 16.2. The average molecular weight is 382 g/mol. The molecule has 6 heteroatoms. The lowest BCUT2D eigenvalue weighted by Crippen LogP contribution is -2.30. The van der Waals surface area contributed by atoms with E-state index in [1.807, 2.05) is 29.2 Å². The molecule has 1 atom stereocenters. The van der Waals surface area contributed by atoms with E-state index in [0.717, 1.165) is 31.5 Å². The molecule has 1 aromatic heterocycles. The van der Waals surface area contributed by atoms with Crippen LogP contribution >= 0.6 is 0 Å². The van der Waals surface area contributed by atoms with Crippen LogP contribution in [0.3, 0.4) is 0 Å². The number of ether oxygens (including phenoxy) is 1. The molecule has 1 amide bonds. The van der Waals surface area contributed by atoms with Crippen LogP contribution in [0.5, 0.6) is 0 Å². The molecule has 1 aliphatic rings. The Labute approximate surface area is 164 Å². The molecule has 1 aromatic carbocycles. The van der Waals surface area contributed by atoms with E-state index in [1.165, 1.54) is 18.7 Å². The molecular weight excluding hydrogens is 356 g/mol. The molecule has 148 valence electrons. The van der Waals surface area contributed by atoms with Crippen molar-refractivity contribution >= 4 is 11.9 Å². The van der Waals surface area contributed by atoms with Gasteiger partial charge < -0.3 is 14.2 Å². The van der Waals surface area contributed by atoms with Crippen molar-refractivity contribution in [3.63, 3.8) is 0 Å². The third-order valence-electron chi connectivity index (χ3n) is 5.23. The van der Waals surface area contributed by atoms with Gasteiger partial charge in [-0.25, -0.2) is 0 Å². The highest BCUT2D eigenvalue weighted by Crippen LogP contribution is 2.22. The third-order valence-corrected chi connectivity index (χ3v) is 5.23. The highest BCUT2D eigenvalue weighted by atomic mass is 16.5. The predicted octanol–water partition coefficient (Wildman–Crippen LogP) is 2.05. The number of carbonyl (C=O) groups is 2. The molecule has 3 rings (SSSR count). The second-order valence-corrected chi connectivity index (χ2v) is 7.25. The Morgan fingerprint density at radius 3 is 2.57 bits per heavy atom. The van der Waals surface area contributed by atoms with Crippen LogP contribution in [0.25, 0.3) is 0 Å². The van der Waals surface area contributed by atoms with E-state index in [1.54, 1.807) is 22.9 Å². The highest BCUT2D eigenvalue weighted by molar-refractivity contribution is 5.76. The number of amides is 1. The maximum atomic E-state index is 12.5. The number of methoxy groups -OCH3 is 1. The minimum atomic E-state index is -0.240. The summed E-state index contributed by atoms with van der Waals surface area (Å²) in [5.41, 5.74) is 2.07. The lowest BCUT2D eigenvalue weighted by molar-refractivity contribution is -0.139. The van der Waals surface area contributed by atoms with Gasteiger partial charge in [0.1, 0.15) is 0 Å². The van der Waals surface area contributed by atoms with E-state index in [4.69, 9.17) is 0 Å². The van der Waals surface area contributed by atoms with Gasteiger partial charge in [0.2, 0.25) is 5.91 Å². The zero-order chi connectivity index (χ0) is 19.9. The van der Waals surface area contributed by atoms with Gasteiger partial charge in [-0.3, -0.25) is 14.4 Å². The third kappa shape index (κ3) is 5.31. The standard InChI is InChI=1S/C22H26N2O4/c1-28-22(27)15-18-7-5-17(6-8-18)14-19-9-12-24(16-19)21(26)10-13-23-11-3-2-4-20(23)25/h2-8,11,19H,9-10,12-16H2,1H3. The molecule has 2 heterocycles. The van der Waals surface area contributed by atoms with Gasteiger partial charge in [-0.05, 0) is 36.0 Å². The van der Waals surface area contributed by atoms with E-state index >= 15 is 0 Å². The summed E-state index contributed by atoms with van der Waals surface area (Å²) in [5.74, 6) is 0.303. The summed E-state index contributed by atoms with van der Waals surface area (Å²) in [6, 6.07) is 13.0. The number of rotatable bonds is 7. The smallest absolute Gasteiger partial charge is 0.309 e. The van der Waals surface area contributed by atoms with Crippen LogP contribution in [-0.2, 0) is 33.7 Å². The van der Waals surface area contributed by atoms with E-state index in [2.05, 4.69) is 4.74 Å². The van der Waals surface area contributed by atoms with E-state index in [-0.39, 0.29) is 23.9 Å². The SMILES string of the molecule is COC(=O)Cc1ccc(CC2CCN(C(=O)CCn3ccccc3=O)C2)cc1. The summed E-state index contributed by atoms with van der Waals surface area (Å²) < 4.78 is 6.26. The van der Waals surface area contributed by atoms with Gasteiger partial charge >= 0.3 is 5.97 Å². The minimum absolute atomic E-state index is 0.0785. The summed E-state index contributed by atoms with van der Waals surface area (Å²) in [5, 5.41) is 0. The normalized spacial score (nSPS) is 16.2. The quantitative estimate of drug-likeness (QED) is 0.688. The van der Waals surface area contributed by atoms with Gasteiger partial charge in [-0.2, -0.15) is 0 Å². The Bertz CT molecular complexity index is 873. The molecule has 1 saturated heterocycles. The molecule has 0 saturated carbocycles. The Balaban J connectivity index is 1.47. The van der Waals surface area contributed by atoms with Gasteiger partial charge in [0.15, 0.2) is 0 Å². The van der Waals surface area contributed by atoms with Gasteiger partial charge in [0, 0.05) is 38.3 Å². The van der Waals surface area contributed by atoms with Crippen LogP contribution in [0.2, 0.25) is 0 Å². The molecular formula is C22H26N2O4. The van der Waals surface area contributed by atoms with Crippen LogP contribution in [0.15, 0.2) is 53.5 Å². The van der Waals surface area contributed by atoms with Crippen molar-refractivity contribution in [2.24, 2.45) is 5.92 Å². The number of hydrogen-bond donors (Lipinski definition) is 0. The Hall–Kier alpha value is -2.89. The van der Waals surface area contributed by atoms with Gasteiger partial charge in [-0.1, -0.05) is 30.3 Å². The molecule has 0 bridgehead atoms. The number of likely N-dealkylation sites (tertiary alicyclic amines) is 1. The monoisotopic (exact) mass is 382 g/mol. The number of hydrogen-bond acceptors (Lipinski definition) is 4. The average Bonchev–Trinajstić information content (AvgIpc) is 3.17. The minimum Gasteiger partial charge on any atom is -0.469 e. The van der Waals surface area contributed by atoms with Crippen LogP contribution in [0.1, 0.15) is 24.0 Å². The van der Waals surface area contributed by atoms with E-state index in [0.29, 0.717) is 18.9 Å². The molecule has 28 heavy (non-hydrogen) atoms. The number of aryl methyl sites for hydroxylation is 1. The Kier molecular flexibility index (Phi) is 6.63. The van der Waals surface area contributed by atoms with E-state index in [9.17, 15) is 14.4 Å². The molecule has 0 radical (unpaired) electrons. The summed E-state index contributed by atoms with van der Waals surface area (Å²) >= 11 is 0. The largest absolute Gasteiger partial charge is 0.469 e. The topological polar surface area (TPSA) is 68.6 Å². The van der Waals surface area contributed by atoms with Gasteiger partial charge in [0.05, 0.1) is 13.5 Å². The van der Waals surface area contributed by atoms with Crippen molar-refractivity contribution in [1.82, 2.24) is 9.47 Å². The van der Waals surface area contributed by atoms with Crippen molar-refractivity contribution in [2.75, 3.05) is 20.2 Å². The summed E-state index contributed by atoms with van der Waals surface area (Å²) in [6.07, 6.45) is 4.25. The number of nitrogens with zero attached hydrogens (tertiary/aromatic N) is 2. The number of carbonyl (C=O) groups excluding carboxylic acids is 2. The van der Waals surface area contributed by atoms with E-state index < -0.39 is 0 Å². The van der Waals surface area contributed by atoms with Crippen LogP contribution in [0, 0.1) is 5.92 Å². The molecule has 0 aliphatic carbocycles. The number of aromatic nitrogens is 1.